The predicted octanol–water partition coefficient (Wildman–Crippen LogP) is 7.48. The van der Waals surface area contributed by atoms with Gasteiger partial charge in [0.2, 0.25) is 0 Å². The summed E-state index contributed by atoms with van der Waals surface area (Å²) in [6, 6.07) is 30.9. The van der Waals surface area contributed by atoms with Gasteiger partial charge in [-0.2, -0.15) is 0 Å². The summed E-state index contributed by atoms with van der Waals surface area (Å²) in [6.07, 6.45) is 0. The number of hydrogen-bond acceptors (Lipinski definition) is 3. The van der Waals surface area contributed by atoms with Crippen LogP contribution in [0.15, 0.2) is 97.1 Å². The summed E-state index contributed by atoms with van der Waals surface area (Å²) >= 11 is 5.97. The molecule has 0 aromatic heterocycles. The SMILES string of the molecule is CCOc1ccc(C(=O)NC(C)c2ccc(Cl)cc2)cc1COc1ccc(-c2ccccc2)cc1. The first-order valence-corrected chi connectivity index (χ1v) is 12.0. The quantitative estimate of drug-likeness (QED) is 0.267. The van der Waals surface area contributed by atoms with Gasteiger partial charge < -0.3 is 14.8 Å². The lowest BCUT2D eigenvalue weighted by atomic mass is 10.1. The average Bonchev–Trinajstić information content (AvgIpc) is 2.89. The molecular formula is C30H28ClNO3. The highest BCUT2D eigenvalue weighted by Gasteiger charge is 2.15. The number of ether oxygens (including phenoxy) is 2. The molecule has 0 aliphatic carbocycles. The van der Waals surface area contributed by atoms with E-state index in [1.807, 2.05) is 92.7 Å². The van der Waals surface area contributed by atoms with E-state index in [1.165, 1.54) is 0 Å². The normalized spacial score (nSPS) is 11.5. The van der Waals surface area contributed by atoms with E-state index in [-0.39, 0.29) is 18.6 Å². The van der Waals surface area contributed by atoms with Crippen molar-refractivity contribution in [3.63, 3.8) is 0 Å². The largest absolute Gasteiger partial charge is 0.493 e. The molecule has 1 N–H and O–H groups in total. The Labute approximate surface area is 211 Å². The molecule has 0 heterocycles. The molecule has 35 heavy (non-hydrogen) atoms. The van der Waals surface area contributed by atoms with Crippen LogP contribution >= 0.6 is 11.6 Å². The molecule has 0 radical (unpaired) electrons. The molecule has 0 aliphatic rings. The standard InChI is InChI=1S/C30H28ClNO3/c1-3-34-29-18-13-25(30(33)32-21(2)22-9-14-27(31)15-10-22)19-26(29)20-35-28-16-11-24(12-17-28)23-7-5-4-6-8-23/h4-19,21H,3,20H2,1-2H3,(H,32,33). The van der Waals surface area contributed by atoms with Crippen LogP contribution in [0.1, 0.15) is 41.4 Å². The van der Waals surface area contributed by atoms with Gasteiger partial charge in [0.15, 0.2) is 0 Å². The monoisotopic (exact) mass is 485 g/mol. The van der Waals surface area contributed by atoms with E-state index in [2.05, 4.69) is 17.4 Å². The maximum atomic E-state index is 12.9. The van der Waals surface area contributed by atoms with E-state index < -0.39 is 0 Å². The van der Waals surface area contributed by atoms with Gasteiger partial charge in [0.25, 0.3) is 5.91 Å². The zero-order valence-corrected chi connectivity index (χ0v) is 20.6. The summed E-state index contributed by atoms with van der Waals surface area (Å²) in [6.45, 7) is 4.69. The zero-order valence-electron chi connectivity index (χ0n) is 19.8. The van der Waals surface area contributed by atoms with Gasteiger partial charge >= 0.3 is 0 Å². The second kappa shape index (κ2) is 11.6. The Morgan fingerprint density at radius 1 is 0.857 bits per heavy atom. The van der Waals surface area contributed by atoms with Crippen molar-refractivity contribution in [3.8, 4) is 22.6 Å². The van der Waals surface area contributed by atoms with Crippen molar-refractivity contribution < 1.29 is 14.3 Å². The molecule has 4 aromatic rings. The van der Waals surface area contributed by atoms with E-state index in [4.69, 9.17) is 21.1 Å². The van der Waals surface area contributed by atoms with E-state index in [0.29, 0.717) is 22.9 Å². The highest BCUT2D eigenvalue weighted by molar-refractivity contribution is 6.30. The molecule has 1 amide bonds. The smallest absolute Gasteiger partial charge is 0.251 e. The highest BCUT2D eigenvalue weighted by atomic mass is 35.5. The van der Waals surface area contributed by atoms with Crippen molar-refractivity contribution in [2.45, 2.75) is 26.5 Å². The molecule has 5 heteroatoms. The molecule has 0 aliphatic heterocycles. The number of benzene rings is 4. The van der Waals surface area contributed by atoms with Crippen LogP contribution in [0.5, 0.6) is 11.5 Å². The zero-order chi connectivity index (χ0) is 24.6. The lowest BCUT2D eigenvalue weighted by Gasteiger charge is -2.16. The van der Waals surface area contributed by atoms with Crippen LogP contribution in [0, 0.1) is 0 Å². The average molecular weight is 486 g/mol. The Morgan fingerprint density at radius 2 is 1.54 bits per heavy atom. The Balaban J connectivity index is 1.45. The maximum absolute atomic E-state index is 12.9. The van der Waals surface area contributed by atoms with Crippen molar-refractivity contribution in [2.75, 3.05) is 6.61 Å². The molecular weight excluding hydrogens is 458 g/mol. The van der Waals surface area contributed by atoms with Gasteiger partial charge in [0.1, 0.15) is 18.1 Å². The number of carbonyl (C=O) groups excluding carboxylic acids is 1. The highest BCUT2D eigenvalue weighted by Crippen LogP contribution is 2.26. The summed E-state index contributed by atoms with van der Waals surface area (Å²) in [7, 11) is 0. The fourth-order valence-electron chi connectivity index (χ4n) is 3.78. The number of halogens is 1. The molecule has 1 atom stereocenters. The number of amides is 1. The van der Waals surface area contributed by atoms with Gasteiger partial charge in [-0.1, -0.05) is 66.2 Å². The Hall–Kier alpha value is -3.76. The molecule has 0 saturated heterocycles. The van der Waals surface area contributed by atoms with Crippen LogP contribution in [0.4, 0.5) is 0 Å². The Bertz CT molecular complexity index is 1260. The Kier molecular flexibility index (Phi) is 8.07. The number of rotatable bonds is 9. The van der Waals surface area contributed by atoms with Gasteiger partial charge in [0.05, 0.1) is 12.6 Å². The molecule has 4 nitrogen and oxygen atoms in total. The number of carbonyl (C=O) groups is 1. The fraction of sp³-hybridized carbons (Fsp3) is 0.167. The minimum Gasteiger partial charge on any atom is -0.493 e. The summed E-state index contributed by atoms with van der Waals surface area (Å²) in [4.78, 5) is 12.9. The minimum atomic E-state index is -0.163. The van der Waals surface area contributed by atoms with Crippen LogP contribution in [0.2, 0.25) is 5.02 Å². The first-order valence-electron chi connectivity index (χ1n) is 11.6. The molecule has 1 unspecified atom stereocenters. The molecule has 0 bridgehead atoms. The van der Waals surface area contributed by atoms with Crippen LogP contribution in [-0.4, -0.2) is 12.5 Å². The second-order valence-electron chi connectivity index (χ2n) is 8.18. The topological polar surface area (TPSA) is 47.6 Å². The minimum absolute atomic E-state index is 0.158. The van der Waals surface area contributed by atoms with Crippen LogP contribution in [0.25, 0.3) is 11.1 Å². The van der Waals surface area contributed by atoms with Gasteiger partial charge in [-0.3, -0.25) is 4.79 Å². The summed E-state index contributed by atoms with van der Waals surface area (Å²) < 4.78 is 11.8. The van der Waals surface area contributed by atoms with Crippen molar-refractivity contribution in [1.82, 2.24) is 5.32 Å². The van der Waals surface area contributed by atoms with Gasteiger partial charge in [-0.25, -0.2) is 0 Å². The van der Waals surface area contributed by atoms with E-state index in [0.717, 1.165) is 28.0 Å². The molecule has 0 fully saturated rings. The molecule has 4 aromatic carbocycles. The van der Waals surface area contributed by atoms with Crippen LogP contribution < -0.4 is 14.8 Å². The molecule has 0 saturated carbocycles. The van der Waals surface area contributed by atoms with E-state index in [1.54, 1.807) is 6.07 Å². The third kappa shape index (κ3) is 6.43. The van der Waals surface area contributed by atoms with Crippen molar-refractivity contribution in [3.05, 3.63) is 119 Å². The molecule has 0 spiro atoms. The molecule has 178 valence electrons. The third-order valence-corrected chi connectivity index (χ3v) is 5.95. The first kappa shape index (κ1) is 24.4. The molecule has 4 rings (SSSR count). The van der Waals surface area contributed by atoms with E-state index >= 15 is 0 Å². The Morgan fingerprint density at radius 3 is 2.23 bits per heavy atom. The number of nitrogens with one attached hydrogen (secondary N) is 1. The maximum Gasteiger partial charge on any atom is 0.251 e. The summed E-state index contributed by atoms with van der Waals surface area (Å²) in [5.41, 5.74) is 4.62. The van der Waals surface area contributed by atoms with Crippen molar-refractivity contribution >= 4 is 17.5 Å². The first-order chi connectivity index (χ1) is 17.0. The number of hydrogen-bond donors (Lipinski definition) is 1. The third-order valence-electron chi connectivity index (χ3n) is 5.70. The summed E-state index contributed by atoms with van der Waals surface area (Å²) in [5, 5.41) is 3.71. The van der Waals surface area contributed by atoms with E-state index in [9.17, 15) is 4.79 Å². The van der Waals surface area contributed by atoms with Crippen molar-refractivity contribution in [2.24, 2.45) is 0 Å². The lowest BCUT2D eigenvalue weighted by molar-refractivity contribution is 0.0939. The van der Waals surface area contributed by atoms with Gasteiger partial charge in [-0.15, -0.1) is 0 Å². The fourth-order valence-corrected chi connectivity index (χ4v) is 3.91. The lowest BCUT2D eigenvalue weighted by Crippen LogP contribution is -2.26. The predicted molar refractivity (Wildman–Crippen MR) is 141 cm³/mol. The van der Waals surface area contributed by atoms with Crippen LogP contribution in [0.3, 0.4) is 0 Å². The van der Waals surface area contributed by atoms with Gasteiger partial charge in [-0.05, 0) is 73.0 Å². The second-order valence-corrected chi connectivity index (χ2v) is 8.62. The van der Waals surface area contributed by atoms with Crippen LogP contribution in [-0.2, 0) is 6.61 Å². The van der Waals surface area contributed by atoms with Crippen molar-refractivity contribution in [1.29, 1.82) is 0 Å². The summed E-state index contributed by atoms with van der Waals surface area (Å²) in [5.74, 6) is 1.29. The van der Waals surface area contributed by atoms with Gasteiger partial charge in [0, 0.05) is 16.1 Å².